The fourth-order valence-corrected chi connectivity index (χ4v) is 1.16. The Hall–Kier alpha value is -0.140. The maximum absolute atomic E-state index is 11.2. The van der Waals surface area contributed by atoms with E-state index in [1.54, 1.807) is 0 Å². The van der Waals surface area contributed by atoms with Crippen LogP contribution in [0.5, 0.6) is 0 Å². The Morgan fingerprint density at radius 1 is 1.70 bits per heavy atom. The molecule has 0 aromatic heterocycles. The number of carbonyl (C=O) groups excluding carboxylic acids is 1. The fraction of sp³-hybridized carbons (Fsp3) is 0.833. The van der Waals surface area contributed by atoms with Crippen molar-refractivity contribution in [1.29, 1.82) is 0 Å². The van der Waals surface area contributed by atoms with Gasteiger partial charge in [-0.3, -0.25) is 9.46 Å². The summed E-state index contributed by atoms with van der Waals surface area (Å²) in [5, 5.41) is 2.81. The molecule has 1 saturated heterocycles. The Morgan fingerprint density at radius 3 is 2.70 bits per heavy atom. The summed E-state index contributed by atoms with van der Waals surface area (Å²) >= 11 is 0. The maximum Gasteiger partial charge on any atom is 0.240 e. The minimum absolute atomic E-state index is 0.105. The minimum Gasteiger partial charge on any atom is -0.353 e. The highest BCUT2D eigenvalue weighted by molar-refractivity contribution is 7.13. The normalized spacial score (nSPS) is 26.1. The van der Waals surface area contributed by atoms with Crippen LogP contribution in [0.4, 0.5) is 0 Å². The van der Waals surface area contributed by atoms with E-state index in [0.29, 0.717) is 0 Å². The quantitative estimate of drug-likeness (QED) is 0.505. The second kappa shape index (κ2) is 2.48. The lowest BCUT2D eigenvalue weighted by Gasteiger charge is -2.37. The highest BCUT2D eigenvalue weighted by Gasteiger charge is 2.34. The average molecular weight is 160 g/mol. The minimum atomic E-state index is -0.358. The molecule has 4 heteroatoms. The summed E-state index contributed by atoms with van der Waals surface area (Å²) in [4.78, 5) is 11.2. The summed E-state index contributed by atoms with van der Waals surface area (Å²) in [6, 6.07) is 0. The fourth-order valence-electron chi connectivity index (χ4n) is 0.916. The zero-order chi connectivity index (χ0) is 7.78. The third-order valence-corrected chi connectivity index (χ3v) is 2.82. The van der Waals surface area contributed by atoms with Crippen molar-refractivity contribution in [3.63, 3.8) is 0 Å². The van der Waals surface area contributed by atoms with E-state index in [2.05, 4.69) is 14.7 Å². The first kappa shape index (κ1) is 7.96. The summed E-state index contributed by atoms with van der Waals surface area (Å²) in [5.41, 5.74) is -0.358. The van der Waals surface area contributed by atoms with Crippen molar-refractivity contribution in [1.82, 2.24) is 9.99 Å². The van der Waals surface area contributed by atoms with E-state index in [1.165, 1.54) is 0 Å². The van der Waals surface area contributed by atoms with Crippen LogP contribution in [0.25, 0.3) is 0 Å². The van der Waals surface area contributed by atoms with Gasteiger partial charge in [-0.2, -0.15) is 0 Å². The van der Waals surface area contributed by atoms with Gasteiger partial charge in [0.2, 0.25) is 5.91 Å². The van der Waals surface area contributed by atoms with Crippen molar-refractivity contribution < 1.29 is 4.79 Å². The summed E-state index contributed by atoms with van der Waals surface area (Å²) < 4.78 is 1.98. The Balaban J connectivity index is 2.73. The number of hydrogen-bond donors (Lipinski definition) is 1. The molecule has 10 heavy (non-hydrogen) atoms. The number of hydrogen-bond acceptors (Lipinski definition) is 2. The van der Waals surface area contributed by atoms with Gasteiger partial charge < -0.3 is 5.32 Å². The predicted molar refractivity (Wildman–Crippen MR) is 43.5 cm³/mol. The molecule has 1 N–H and O–H groups in total. The molecule has 0 spiro atoms. The predicted octanol–water partition coefficient (Wildman–Crippen LogP) is -0.0131. The maximum atomic E-state index is 11.2. The average Bonchev–Trinajstić information content (AvgIpc) is 1.84. The van der Waals surface area contributed by atoms with Gasteiger partial charge in [-0.15, -0.1) is 0 Å². The van der Waals surface area contributed by atoms with E-state index in [9.17, 15) is 4.79 Å². The molecule has 0 aromatic rings. The Bertz CT molecular complexity index is 158. The third-order valence-electron chi connectivity index (χ3n) is 1.91. The lowest BCUT2D eigenvalue weighted by atomic mass is 10.0. The number of carbonyl (C=O) groups is 1. The zero-order valence-electron chi connectivity index (χ0n) is 6.35. The van der Waals surface area contributed by atoms with Gasteiger partial charge in [-0.05, 0) is 13.8 Å². The Labute approximate surface area is 63.4 Å². The van der Waals surface area contributed by atoms with Crippen molar-refractivity contribution >= 4 is 15.3 Å². The molecular formula is C6H13N2OP. The molecule has 1 atom stereocenters. The van der Waals surface area contributed by atoms with Crippen molar-refractivity contribution in [2.45, 2.75) is 19.4 Å². The summed E-state index contributed by atoms with van der Waals surface area (Å²) in [6.45, 7) is 5.48. The van der Waals surface area contributed by atoms with Gasteiger partial charge >= 0.3 is 0 Å². The molecule has 0 aliphatic carbocycles. The second-order valence-corrected chi connectivity index (χ2v) is 3.63. The van der Waals surface area contributed by atoms with E-state index < -0.39 is 0 Å². The molecule has 1 aliphatic heterocycles. The van der Waals surface area contributed by atoms with E-state index in [1.807, 2.05) is 18.5 Å². The zero-order valence-corrected chi connectivity index (χ0v) is 7.50. The number of nitrogens with one attached hydrogen (secondary N) is 1. The van der Waals surface area contributed by atoms with E-state index >= 15 is 0 Å². The SMILES string of the molecule is CC1(C)C(=O)NCCN1P. The molecule has 3 nitrogen and oxygen atoms in total. The van der Waals surface area contributed by atoms with Crippen molar-refractivity contribution in [3.8, 4) is 0 Å². The van der Waals surface area contributed by atoms with E-state index in [4.69, 9.17) is 0 Å². The highest BCUT2D eigenvalue weighted by atomic mass is 31.0. The van der Waals surface area contributed by atoms with Crippen molar-refractivity contribution in [3.05, 3.63) is 0 Å². The number of amides is 1. The van der Waals surface area contributed by atoms with Gasteiger partial charge in [-0.25, -0.2) is 0 Å². The monoisotopic (exact) mass is 160 g/mol. The molecule has 0 bridgehead atoms. The number of nitrogens with zero attached hydrogens (tertiary/aromatic N) is 1. The molecule has 1 fully saturated rings. The molecule has 0 aromatic carbocycles. The van der Waals surface area contributed by atoms with Crippen LogP contribution in [-0.4, -0.2) is 29.2 Å². The Morgan fingerprint density at radius 2 is 2.30 bits per heavy atom. The third kappa shape index (κ3) is 1.16. The molecular weight excluding hydrogens is 147 g/mol. The van der Waals surface area contributed by atoms with E-state index in [0.717, 1.165) is 13.1 Å². The Kier molecular flexibility index (Phi) is 1.97. The van der Waals surface area contributed by atoms with Crippen LogP contribution in [-0.2, 0) is 4.79 Å². The molecule has 1 unspecified atom stereocenters. The van der Waals surface area contributed by atoms with Crippen LogP contribution in [0.2, 0.25) is 0 Å². The molecule has 58 valence electrons. The van der Waals surface area contributed by atoms with E-state index in [-0.39, 0.29) is 11.4 Å². The second-order valence-electron chi connectivity index (χ2n) is 3.01. The van der Waals surface area contributed by atoms with Crippen LogP contribution in [0.3, 0.4) is 0 Å². The lowest BCUT2D eigenvalue weighted by molar-refractivity contribution is -0.131. The highest BCUT2D eigenvalue weighted by Crippen LogP contribution is 2.20. The first-order valence-electron chi connectivity index (χ1n) is 3.36. The van der Waals surface area contributed by atoms with Gasteiger partial charge in [-0.1, -0.05) is 9.39 Å². The number of piperazine rings is 1. The van der Waals surface area contributed by atoms with Crippen molar-refractivity contribution in [2.24, 2.45) is 0 Å². The van der Waals surface area contributed by atoms with Crippen LogP contribution in [0, 0.1) is 0 Å². The van der Waals surface area contributed by atoms with Crippen LogP contribution in [0.1, 0.15) is 13.8 Å². The largest absolute Gasteiger partial charge is 0.353 e. The molecule has 1 amide bonds. The lowest BCUT2D eigenvalue weighted by Crippen LogP contribution is -2.57. The summed E-state index contributed by atoms with van der Waals surface area (Å²) in [7, 11) is 2.57. The van der Waals surface area contributed by atoms with Gasteiger partial charge in [0.05, 0.1) is 5.54 Å². The van der Waals surface area contributed by atoms with Crippen LogP contribution in [0.15, 0.2) is 0 Å². The molecule has 1 aliphatic rings. The molecule has 0 radical (unpaired) electrons. The standard InChI is InChI=1S/C6H13N2OP/c1-6(2)5(9)7-3-4-8(6)10/h3-4,10H2,1-2H3,(H,7,9). The smallest absolute Gasteiger partial charge is 0.240 e. The van der Waals surface area contributed by atoms with Crippen molar-refractivity contribution in [2.75, 3.05) is 13.1 Å². The summed E-state index contributed by atoms with van der Waals surface area (Å²) in [5.74, 6) is 0.105. The van der Waals surface area contributed by atoms with Crippen LogP contribution < -0.4 is 5.32 Å². The van der Waals surface area contributed by atoms with Gasteiger partial charge in [0.15, 0.2) is 0 Å². The van der Waals surface area contributed by atoms with Crippen LogP contribution >= 0.6 is 9.39 Å². The van der Waals surface area contributed by atoms with Gasteiger partial charge in [0.25, 0.3) is 0 Å². The molecule has 0 saturated carbocycles. The van der Waals surface area contributed by atoms with Gasteiger partial charge in [0.1, 0.15) is 0 Å². The topological polar surface area (TPSA) is 32.3 Å². The van der Waals surface area contributed by atoms with Gasteiger partial charge in [0, 0.05) is 13.1 Å². The first-order chi connectivity index (χ1) is 4.55. The molecule has 1 heterocycles. The summed E-state index contributed by atoms with van der Waals surface area (Å²) in [6.07, 6.45) is 0. The first-order valence-corrected chi connectivity index (χ1v) is 3.87. The number of rotatable bonds is 0. The molecule has 1 rings (SSSR count).